The molecule has 0 fully saturated rings. The average Bonchev–Trinajstić information content (AvgIpc) is 3.08. The minimum atomic E-state index is -1.51. The van der Waals surface area contributed by atoms with Crippen molar-refractivity contribution >= 4 is 110 Å². The molecule has 21 nitrogen and oxygen atoms in total. The molecule has 0 aliphatic rings. The molecule has 0 spiro atoms. The molecule has 0 unspecified atom stereocenters. The summed E-state index contributed by atoms with van der Waals surface area (Å²) in [6, 6.07) is -9.75. The van der Waals surface area contributed by atoms with Gasteiger partial charge in [-0.2, -0.15) is 50.5 Å². The zero-order valence-corrected chi connectivity index (χ0v) is 31.3. The molecule has 7 atom stereocenters. The lowest BCUT2D eigenvalue weighted by Crippen LogP contribution is -2.60. The summed E-state index contributed by atoms with van der Waals surface area (Å²) in [4.78, 5) is 123. The van der Waals surface area contributed by atoms with Crippen LogP contribution >= 0.6 is 50.5 Å². The molecular weight excluding hydrogens is 769 g/mol. The van der Waals surface area contributed by atoms with Crippen molar-refractivity contribution < 1.29 is 53.1 Å². The predicted molar refractivity (Wildman–Crippen MR) is 198 cm³/mol. The molecule has 9 amide bonds. The zero-order chi connectivity index (χ0) is 40.1. The van der Waals surface area contributed by atoms with Crippen LogP contribution in [0.1, 0.15) is 38.5 Å². The molecule has 0 rings (SSSR count). The molecule has 0 aromatic heterocycles. The number of carboxylic acids is 1. The van der Waals surface area contributed by atoms with Gasteiger partial charge in [0.15, 0.2) is 0 Å². The third-order valence-corrected chi connectivity index (χ3v) is 8.37. The smallest absolute Gasteiger partial charge is 0.326 e. The standard InChI is InChI=1S/C27H46N10O11S4/c28-11(1-4-18(29)38)21(41)34-14(7-49)25(45)36-15(8-50)23(43)32-12(2-5-19(30)39)22(42)35-17(10-52)26(46)37-16(9-51)24(44)33-13(27(47)48)3-6-20(31)40/h11-17,49-52H,1-10,28H2,(H2,29,38)(H2,30,39)(H2,31,40)(H,32,43)(H,33,44)(H,34,41)(H,35,42)(H,36,45)(H,37,46)(H,47,48)/t11-,12-,13-,14-,15-,16-,17-/m0/s1. The number of carbonyl (C=O) groups is 10. The van der Waals surface area contributed by atoms with E-state index in [9.17, 15) is 53.1 Å². The molecule has 0 aromatic carbocycles. The normalized spacial score (nSPS) is 14.8. The molecule has 0 saturated heterocycles. The van der Waals surface area contributed by atoms with Gasteiger partial charge in [-0.25, -0.2) is 4.79 Å². The van der Waals surface area contributed by atoms with E-state index in [2.05, 4.69) is 82.4 Å². The Hall–Kier alpha value is -3.94. The zero-order valence-electron chi connectivity index (χ0n) is 27.7. The lowest BCUT2D eigenvalue weighted by Gasteiger charge is -2.26. The van der Waals surface area contributed by atoms with Gasteiger partial charge in [0.25, 0.3) is 0 Å². The number of carboxylic acid groups (broad SMARTS) is 1. The van der Waals surface area contributed by atoms with Crippen molar-refractivity contribution in [1.82, 2.24) is 31.9 Å². The fourth-order valence-corrected chi connectivity index (χ4v) is 4.97. The van der Waals surface area contributed by atoms with E-state index in [-0.39, 0.29) is 55.1 Å². The monoisotopic (exact) mass is 814 g/mol. The van der Waals surface area contributed by atoms with Gasteiger partial charge in [-0.15, -0.1) is 0 Å². The molecule has 0 aliphatic heterocycles. The van der Waals surface area contributed by atoms with Crippen LogP contribution in [0.5, 0.6) is 0 Å². The van der Waals surface area contributed by atoms with E-state index in [1.165, 1.54) is 0 Å². The molecular formula is C27H46N10O11S4. The average molecular weight is 815 g/mol. The van der Waals surface area contributed by atoms with Crippen LogP contribution in [0.15, 0.2) is 0 Å². The number of hydrogen-bond acceptors (Lipinski definition) is 15. The summed E-state index contributed by atoms with van der Waals surface area (Å²) < 4.78 is 0. The highest BCUT2D eigenvalue weighted by atomic mass is 32.1. The van der Waals surface area contributed by atoms with Crippen LogP contribution < -0.4 is 54.8 Å². The molecule has 0 aromatic rings. The van der Waals surface area contributed by atoms with E-state index in [0.717, 1.165) is 0 Å². The molecule has 0 radical (unpaired) electrons. The molecule has 0 aliphatic carbocycles. The Balaban J connectivity index is 5.72. The third-order valence-electron chi connectivity index (χ3n) is 6.91. The van der Waals surface area contributed by atoms with E-state index >= 15 is 0 Å². The highest BCUT2D eigenvalue weighted by Gasteiger charge is 2.33. The predicted octanol–water partition coefficient (Wildman–Crippen LogP) is -6.18. The first-order valence-corrected chi connectivity index (χ1v) is 17.9. The Labute approximate surface area is 320 Å². The van der Waals surface area contributed by atoms with Gasteiger partial charge in [0, 0.05) is 42.3 Å². The lowest BCUT2D eigenvalue weighted by atomic mass is 10.1. The Morgan fingerprint density at radius 3 is 0.981 bits per heavy atom. The summed E-state index contributed by atoms with van der Waals surface area (Å²) in [5, 5.41) is 23.2. The first-order valence-electron chi connectivity index (χ1n) is 15.4. The van der Waals surface area contributed by atoms with Crippen LogP contribution in [0.4, 0.5) is 0 Å². The second-order valence-corrected chi connectivity index (χ2v) is 12.5. The molecule has 0 saturated carbocycles. The molecule has 0 bridgehead atoms. The number of rotatable bonds is 26. The van der Waals surface area contributed by atoms with Crippen molar-refractivity contribution in [3.05, 3.63) is 0 Å². The molecule has 52 heavy (non-hydrogen) atoms. The third kappa shape index (κ3) is 18.5. The Kier molecular flexibility index (Phi) is 23.2. The molecule has 15 N–H and O–H groups in total. The lowest BCUT2D eigenvalue weighted by molar-refractivity contribution is -0.142. The summed E-state index contributed by atoms with van der Waals surface area (Å²) in [6.45, 7) is 0. The van der Waals surface area contributed by atoms with Crippen LogP contribution in [0, 0.1) is 0 Å². The second kappa shape index (κ2) is 25.1. The van der Waals surface area contributed by atoms with Crippen molar-refractivity contribution in [1.29, 1.82) is 0 Å². The SMILES string of the molecule is NC(=O)CC[C@H](NC(=O)[C@H](CS)NC(=O)[C@H](CS)NC(=O)[C@H](CCC(N)=O)NC(=O)[C@H](CS)NC(=O)[C@H](CS)NC(=O)[C@@H](N)CCC(N)=O)C(=O)O. The number of thiol groups is 4. The largest absolute Gasteiger partial charge is 0.480 e. The molecule has 294 valence electrons. The maximum absolute atomic E-state index is 13.3. The second-order valence-electron chi connectivity index (χ2n) is 11.1. The van der Waals surface area contributed by atoms with Crippen LogP contribution in [-0.2, 0) is 47.9 Å². The number of hydrogen-bond donors (Lipinski definition) is 15. The van der Waals surface area contributed by atoms with Gasteiger partial charge in [-0.05, 0) is 19.3 Å². The number of aliphatic carboxylic acids is 1. The highest BCUT2D eigenvalue weighted by Crippen LogP contribution is 2.05. The number of nitrogens with two attached hydrogens (primary N) is 4. The summed E-state index contributed by atoms with van der Waals surface area (Å²) in [5.41, 5.74) is 21.0. The van der Waals surface area contributed by atoms with E-state index in [1.54, 1.807) is 0 Å². The Morgan fingerprint density at radius 1 is 0.423 bits per heavy atom. The van der Waals surface area contributed by atoms with E-state index in [1.807, 2.05) is 0 Å². The van der Waals surface area contributed by atoms with E-state index in [0.29, 0.717) is 0 Å². The highest BCUT2D eigenvalue weighted by molar-refractivity contribution is 7.80. The maximum Gasteiger partial charge on any atom is 0.326 e. The van der Waals surface area contributed by atoms with Gasteiger partial charge in [0.1, 0.15) is 36.3 Å². The van der Waals surface area contributed by atoms with Crippen LogP contribution in [-0.4, -0.2) is 130 Å². The van der Waals surface area contributed by atoms with E-state index in [4.69, 9.17) is 22.9 Å². The summed E-state index contributed by atoms with van der Waals surface area (Å²) in [7, 11) is 0. The van der Waals surface area contributed by atoms with Crippen molar-refractivity contribution in [2.24, 2.45) is 22.9 Å². The number of nitrogens with one attached hydrogen (secondary N) is 6. The van der Waals surface area contributed by atoms with Crippen LogP contribution in [0.2, 0.25) is 0 Å². The summed E-state index contributed by atoms with van der Waals surface area (Å²) in [6.07, 6.45) is -1.70. The van der Waals surface area contributed by atoms with Crippen molar-refractivity contribution in [3.8, 4) is 0 Å². The number of amides is 9. The first kappa shape index (κ1) is 48.1. The van der Waals surface area contributed by atoms with Crippen LogP contribution in [0.25, 0.3) is 0 Å². The number of primary amides is 3. The molecule has 25 heteroatoms. The first-order chi connectivity index (χ1) is 24.3. The van der Waals surface area contributed by atoms with Gasteiger partial charge in [-0.3, -0.25) is 43.2 Å². The topological polar surface area (TPSA) is 367 Å². The quantitative estimate of drug-likeness (QED) is 0.0363. The maximum atomic E-state index is 13.3. The van der Waals surface area contributed by atoms with Crippen molar-refractivity contribution in [2.45, 2.75) is 80.8 Å². The van der Waals surface area contributed by atoms with Gasteiger partial charge in [0.2, 0.25) is 53.2 Å². The van der Waals surface area contributed by atoms with Gasteiger partial charge >= 0.3 is 5.97 Å². The van der Waals surface area contributed by atoms with Gasteiger partial charge in [-0.1, -0.05) is 0 Å². The summed E-state index contributed by atoms with van der Waals surface area (Å²) in [5.74, 6) is -10.6. The van der Waals surface area contributed by atoms with Crippen LogP contribution in [0.3, 0.4) is 0 Å². The Bertz CT molecular complexity index is 1330. The molecule has 0 heterocycles. The fraction of sp³-hybridized carbons (Fsp3) is 0.630. The minimum absolute atomic E-state index is 0.0910. The summed E-state index contributed by atoms with van der Waals surface area (Å²) >= 11 is 16.2. The van der Waals surface area contributed by atoms with E-state index < -0.39 is 108 Å². The minimum Gasteiger partial charge on any atom is -0.480 e. The fourth-order valence-electron chi connectivity index (χ4n) is 3.94. The Morgan fingerprint density at radius 2 is 0.673 bits per heavy atom. The van der Waals surface area contributed by atoms with Gasteiger partial charge < -0.3 is 59.9 Å². The van der Waals surface area contributed by atoms with Crippen molar-refractivity contribution in [3.63, 3.8) is 0 Å². The number of carbonyl (C=O) groups excluding carboxylic acids is 9. The van der Waals surface area contributed by atoms with Gasteiger partial charge in [0.05, 0.1) is 6.04 Å². The van der Waals surface area contributed by atoms with Crippen molar-refractivity contribution in [2.75, 3.05) is 23.0 Å².